The summed E-state index contributed by atoms with van der Waals surface area (Å²) in [6.45, 7) is 4.96. The first-order valence-corrected chi connectivity index (χ1v) is 6.72. The van der Waals surface area contributed by atoms with Gasteiger partial charge in [0.1, 0.15) is 5.82 Å². The predicted octanol–water partition coefficient (Wildman–Crippen LogP) is 5.21. The largest absolute Gasteiger partial charge is 0.381 e. The van der Waals surface area contributed by atoms with Crippen LogP contribution in [0.4, 0.5) is 10.1 Å². The van der Waals surface area contributed by atoms with Gasteiger partial charge in [0, 0.05) is 12.2 Å². The van der Waals surface area contributed by atoms with E-state index in [1.165, 1.54) is 11.6 Å². The van der Waals surface area contributed by atoms with Crippen LogP contribution < -0.4 is 5.32 Å². The van der Waals surface area contributed by atoms with Gasteiger partial charge in [-0.1, -0.05) is 43.6 Å². The number of hydrogen-bond donors (Lipinski definition) is 1. The topological polar surface area (TPSA) is 12.0 Å². The molecule has 2 aromatic carbocycles. The lowest BCUT2D eigenvalue weighted by molar-refractivity contribution is 0.627. The zero-order chi connectivity index (χ0) is 13.8. The molecule has 1 nitrogen and oxygen atoms in total. The summed E-state index contributed by atoms with van der Waals surface area (Å²) in [7, 11) is 0. The van der Waals surface area contributed by atoms with Crippen molar-refractivity contribution >= 4 is 17.3 Å². The minimum Gasteiger partial charge on any atom is -0.381 e. The Balaban J connectivity index is 2.05. The number of hydrogen-bond acceptors (Lipinski definition) is 1. The standard InChI is InChI=1S/C16H17ClFN/c1-11(2)13-4-3-5-14(9-13)19-10-12-6-7-16(18)15(17)8-12/h3-9,11,19H,10H2,1-2H3. The summed E-state index contributed by atoms with van der Waals surface area (Å²) in [5, 5.41) is 3.48. The molecule has 0 saturated heterocycles. The van der Waals surface area contributed by atoms with E-state index in [0.717, 1.165) is 11.3 Å². The van der Waals surface area contributed by atoms with Gasteiger partial charge in [-0.25, -0.2) is 4.39 Å². The highest BCUT2D eigenvalue weighted by Gasteiger charge is 2.02. The molecule has 0 unspecified atom stereocenters. The van der Waals surface area contributed by atoms with Crippen molar-refractivity contribution < 1.29 is 4.39 Å². The summed E-state index contributed by atoms with van der Waals surface area (Å²) >= 11 is 5.76. The lowest BCUT2D eigenvalue weighted by Gasteiger charge is -2.10. The molecular weight excluding hydrogens is 261 g/mol. The van der Waals surface area contributed by atoms with E-state index in [0.29, 0.717) is 12.5 Å². The fourth-order valence-corrected chi connectivity index (χ4v) is 2.06. The van der Waals surface area contributed by atoms with Crippen LogP contribution in [-0.2, 0) is 6.54 Å². The molecule has 2 rings (SSSR count). The SMILES string of the molecule is CC(C)c1cccc(NCc2ccc(F)c(Cl)c2)c1. The number of benzene rings is 2. The van der Waals surface area contributed by atoms with Crippen molar-refractivity contribution in [2.75, 3.05) is 5.32 Å². The average Bonchev–Trinajstić information content (AvgIpc) is 2.40. The first kappa shape index (κ1) is 13.9. The zero-order valence-electron chi connectivity index (χ0n) is 11.1. The van der Waals surface area contributed by atoms with Gasteiger partial charge in [0.05, 0.1) is 5.02 Å². The Hall–Kier alpha value is -1.54. The fraction of sp³-hybridized carbons (Fsp3) is 0.250. The Bertz CT molecular complexity index is 566. The molecule has 0 aliphatic carbocycles. The van der Waals surface area contributed by atoms with Gasteiger partial charge in [-0.2, -0.15) is 0 Å². The average molecular weight is 278 g/mol. The van der Waals surface area contributed by atoms with E-state index in [9.17, 15) is 4.39 Å². The van der Waals surface area contributed by atoms with E-state index in [1.807, 2.05) is 12.1 Å². The quantitative estimate of drug-likeness (QED) is 0.808. The van der Waals surface area contributed by atoms with Gasteiger partial charge >= 0.3 is 0 Å². The van der Waals surface area contributed by atoms with Gasteiger partial charge in [0.25, 0.3) is 0 Å². The molecule has 0 aromatic heterocycles. The Morgan fingerprint density at radius 1 is 1.16 bits per heavy atom. The number of halogens is 2. The molecule has 100 valence electrons. The van der Waals surface area contributed by atoms with Crippen molar-refractivity contribution in [3.63, 3.8) is 0 Å². The lowest BCUT2D eigenvalue weighted by atomic mass is 10.0. The Labute approximate surface area is 118 Å². The lowest BCUT2D eigenvalue weighted by Crippen LogP contribution is -2.00. The molecular formula is C16H17ClFN. The zero-order valence-corrected chi connectivity index (χ0v) is 11.8. The third-order valence-corrected chi connectivity index (χ3v) is 3.32. The van der Waals surface area contributed by atoms with Gasteiger partial charge in [-0.15, -0.1) is 0 Å². The summed E-state index contributed by atoms with van der Waals surface area (Å²) in [4.78, 5) is 0. The van der Waals surface area contributed by atoms with E-state index >= 15 is 0 Å². The molecule has 3 heteroatoms. The third-order valence-electron chi connectivity index (χ3n) is 3.03. The van der Waals surface area contributed by atoms with E-state index in [1.54, 1.807) is 12.1 Å². The van der Waals surface area contributed by atoms with E-state index in [4.69, 9.17) is 11.6 Å². The van der Waals surface area contributed by atoms with Gasteiger partial charge in [-0.05, 0) is 41.3 Å². The van der Waals surface area contributed by atoms with Crippen LogP contribution in [0.5, 0.6) is 0 Å². The normalized spacial score (nSPS) is 10.8. The van der Waals surface area contributed by atoms with Crippen molar-refractivity contribution in [3.8, 4) is 0 Å². The first-order valence-electron chi connectivity index (χ1n) is 6.34. The van der Waals surface area contributed by atoms with E-state index < -0.39 is 0 Å². The Morgan fingerprint density at radius 3 is 2.63 bits per heavy atom. The van der Waals surface area contributed by atoms with Crippen LogP contribution >= 0.6 is 11.6 Å². The third kappa shape index (κ3) is 3.71. The van der Waals surface area contributed by atoms with Crippen molar-refractivity contribution in [1.82, 2.24) is 0 Å². The maximum absolute atomic E-state index is 13.1. The fourth-order valence-electron chi connectivity index (χ4n) is 1.86. The highest BCUT2D eigenvalue weighted by Crippen LogP contribution is 2.20. The molecule has 0 amide bonds. The van der Waals surface area contributed by atoms with E-state index in [-0.39, 0.29) is 10.8 Å². The second-order valence-corrected chi connectivity index (χ2v) is 5.29. The molecule has 0 fully saturated rings. The molecule has 1 N–H and O–H groups in total. The highest BCUT2D eigenvalue weighted by molar-refractivity contribution is 6.30. The van der Waals surface area contributed by atoms with Crippen molar-refractivity contribution in [2.24, 2.45) is 0 Å². The Kier molecular flexibility index (Phi) is 4.43. The van der Waals surface area contributed by atoms with Crippen molar-refractivity contribution in [1.29, 1.82) is 0 Å². The second-order valence-electron chi connectivity index (χ2n) is 4.88. The highest BCUT2D eigenvalue weighted by atomic mass is 35.5. The number of anilines is 1. The van der Waals surface area contributed by atoms with Crippen molar-refractivity contribution in [2.45, 2.75) is 26.3 Å². The molecule has 0 radical (unpaired) electrons. The van der Waals surface area contributed by atoms with Gasteiger partial charge in [0.15, 0.2) is 0 Å². The van der Waals surface area contributed by atoms with Crippen LogP contribution in [0.25, 0.3) is 0 Å². The summed E-state index contributed by atoms with van der Waals surface area (Å²) in [5.74, 6) is 0.120. The molecule has 2 aromatic rings. The summed E-state index contributed by atoms with van der Waals surface area (Å²) in [6.07, 6.45) is 0. The molecule has 0 saturated carbocycles. The molecule has 0 atom stereocenters. The van der Waals surface area contributed by atoms with Crippen LogP contribution in [0.15, 0.2) is 42.5 Å². The molecule has 19 heavy (non-hydrogen) atoms. The summed E-state index contributed by atoms with van der Waals surface area (Å²) in [6, 6.07) is 13.1. The molecule has 0 bridgehead atoms. The van der Waals surface area contributed by atoms with Crippen LogP contribution in [0.3, 0.4) is 0 Å². The van der Waals surface area contributed by atoms with Crippen LogP contribution in [0.1, 0.15) is 30.9 Å². The predicted molar refractivity (Wildman–Crippen MR) is 79.3 cm³/mol. The Morgan fingerprint density at radius 2 is 1.95 bits per heavy atom. The second kappa shape index (κ2) is 6.07. The molecule has 0 spiro atoms. The molecule has 0 heterocycles. The van der Waals surface area contributed by atoms with Crippen LogP contribution in [-0.4, -0.2) is 0 Å². The minimum absolute atomic E-state index is 0.162. The number of nitrogens with one attached hydrogen (secondary N) is 1. The summed E-state index contributed by atoms with van der Waals surface area (Å²) in [5.41, 5.74) is 3.31. The molecule has 0 aliphatic rings. The van der Waals surface area contributed by atoms with Gasteiger partial charge in [-0.3, -0.25) is 0 Å². The smallest absolute Gasteiger partial charge is 0.141 e. The van der Waals surface area contributed by atoms with Gasteiger partial charge < -0.3 is 5.32 Å². The maximum atomic E-state index is 13.1. The van der Waals surface area contributed by atoms with Gasteiger partial charge in [0.2, 0.25) is 0 Å². The van der Waals surface area contributed by atoms with Crippen molar-refractivity contribution in [3.05, 3.63) is 64.4 Å². The maximum Gasteiger partial charge on any atom is 0.141 e. The summed E-state index contributed by atoms with van der Waals surface area (Å²) < 4.78 is 13.1. The minimum atomic E-state index is -0.382. The van der Waals surface area contributed by atoms with E-state index in [2.05, 4.69) is 31.3 Å². The first-order chi connectivity index (χ1) is 9.06. The van der Waals surface area contributed by atoms with Crippen LogP contribution in [0.2, 0.25) is 5.02 Å². The van der Waals surface area contributed by atoms with Crippen LogP contribution in [0, 0.1) is 5.82 Å². The number of rotatable bonds is 4. The molecule has 0 aliphatic heterocycles. The monoisotopic (exact) mass is 277 g/mol.